The lowest BCUT2D eigenvalue weighted by atomic mass is 10.2. The number of methoxy groups -OCH3 is 1. The summed E-state index contributed by atoms with van der Waals surface area (Å²) in [7, 11) is 1.55. The van der Waals surface area contributed by atoms with Crippen LogP contribution in [0.4, 0.5) is 4.39 Å². The fourth-order valence-corrected chi connectivity index (χ4v) is 1.28. The summed E-state index contributed by atoms with van der Waals surface area (Å²) < 4.78 is 18.5. The van der Waals surface area contributed by atoms with Gasteiger partial charge in [-0.3, -0.25) is 0 Å². The van der Waals surface area contributed by atoms with Gasteiger partial charge in [0.2, 0.25) is 0 Å². The second kappa shape index (κ2) is 3.22. The van der Waals surface area contributed by atoms with Crippen molar-refractivity contribution in [3.63, 3.8) is 0 Å². The molecule has 0 amide bonds. The Hall–Kier alpha value is -0.570. The molecule has 0 spiro atoms. The van der Waals surface area contributed by atoms with Crippen LogP contribution < -0.4 is 4.74 Å². The zero-order valence-corrected chi connectivity index (χ0v) is 7.90. The first-order valence-electron chi connectivity index (χ1n) is 3.15. The molecule has 1 aromatic rings. The topological polar surface area (TPSA) is 9.23 Å². The molecule has 1 nitrogen and oxygen atoms in total. The van der Waals surface area contributed by atoms with Crippen LogP contribution in [0.25, 0.3) is 0 Å². The summed E-state index contributed by atoms with van der Waals surface area (Å²) >= 11 is 3.23. The van der Waals surface area contributed by atoms with Gasteiger partial charge in [0.1, 0.15) is 11.6 Å². The number of benzene rings is 1. The summed E-state index contributed by atoms with van der Waals surface area (Å²) in [6.45, 7) is 1.70. The monoisotopic (exact) mass is 218 g/mol. The SMILES string of the molecule is COc1ccc(F)c(C)c1Br. The second-order valence-electron chi connectivity index (χ2n) is 2.19. The van der Waals surface area contributed by atoms with E-state index in [-0.39, 0.29) is 5.82 Å². The molecule has 60 valence electrons. The Morgan fingerprint density at radius 2 is 2.09 bits per heavy atom. The van der Waals surface area contributed by atoms with Gasteiger partial charge >= 0.3 is 0 Å². The highest BCUT2D eigenvalue weighted by Crippen LogP contribution is 2.29. The zero-order chi connectivity index (χ0) is 8.43. The Morgan fingerprint density at radius 1 is 1.45 bits per heavy atom. The molecule has 0 aliphatic rings. The highest BCUT2D eigenvalue weighted by atomic mass is 79.9. The molecule has 0 fully saturated rings. The largest absolute Gasteiger partial charge is 0.496 e. The first-order valence-corrected chi connectivity index (χ1v) is 3.94. The molecular formula is C8H8BrFO. The van der Waals surface area contributed by atoms with E-state index in [9.17, 15) is 4.39 Å². The van der Waals surface area contributed by atoms with E-state index < -0.39 is 0 Å². The van der Waals surface area contributed by atoms with E-state index in [1.807, 2.05) is 0 Å². The van der Waals surface area contributed by atoms with Crippen LogP contribution in [-0.2, 0) is 0 Å². The molecule has 11 heavy (non-hydrogen) atoms. The predicted molar refractivity (Wildman–Crippen MR) is 45.4 cm³/mol. The van der Waals surface area contributed by atoms with E-state index >= 15 is 0 Å². The van der Waals surface area contributed by atoms with E-state index in [4.69, 9.17) is 4.74 Å². The molecule has 0 atom stereocenters. The third-order valence-corrected chi connectivity index (χ3v) is 2.49. The number of hydrogen-bond acceptors (Lipinski definition) is 1. The molecule has 1 aromatic carbocycles. The van der Waals surface area contributed by atoms with Gasteiger partial charge in [0.05, 0.1) is 11.6 Å². The Morgan fingerprint density at radius 3 is 2.64 bits per heavy atom. The van der Waals surface area contributed by atoms with Gasteiger partial charge in [0.25, 0.3) is 0 Å². The van der Waals surface area contributed by atoms with Crippen LogP contribution in [0, 0.1) is 12.7 Å². The molecule has 0 saturated carbocycles. The molecule has 0 bridgehead atoms. The van der Waals surface area contributed by atoms with Crippen molar-refractivity contribution in [3.05, 3.63) is 28.0 Å². The van der Waals surface area contributed by atoms with Gasteiger partial charge in [-0.15, -0.1) is 0 Å². The summed E-state index contributed by atoms with van der Waals surface area (Å²) in [6.07, 6.45) is 0. The van der Waals surface area contributed by atoms with Gasteiger partial charge in [-0.25, -0.2) is 4.39 Å². The summed E-state index contributed by atoms with van der Waals surface area (Å²) in [6, 6.07) is 2.98. The zero-order valence-electron chi connectivity index (χ0n) is 6.32. The summed E-state index contributed by atoms with van der Waals surface area (Å²) in [4.78, 5) is 0. The number of halogens is 2. The van der Waals surface area contributed by atoms with Gasteiger partial charge < -0.3 is 4.74 Å². The van der Waals surface area contributed by atoms with Gasteiger partial charge in [0, 0.05) is 5.56 Å². The van der Waals surface area contributed by atoms with E-state index in [1.54, 1.807) is 20.1 Å². The van der Waals surface area contributed by atoms with E-state index in [0.717, 1.165) is 0 Å². The van der Waals surface area contributed by atoms with Crippen molar-refractivity contribution in [2.24, 2.45) is 0 Å². The molecule has 3 heteroatoms. The minimum Gasteiger partial charge on any atom is -0.496 e. The van der Waals surface area contributed by atoms with Crippen molar-refractivity contribution in [1.29, 1.82) is 0 Å². The minimum atomic E-state index is -0.224. The Bertz CT molecular complexity index is 273. The van der Waals surface area contributed by atoms with Crippen molar-refractivity contribution in [3.8, 4) is 5.75 Å². The molecular weight excluding hydrogens is 211 g/mol. The molecule has 1 rings (SSSR count). The fraction of sp³-hybridized carbons (Fsp3) is 0.250. The van der Waals surface area contributed by atoms with Crippen molar-refractivity contribution >= 4 is 15.9 Å². The first-order chi connectivity index (χ1) is 5.16. The Kier molecular flexibility index (Phi) is 2.49. The quantitative estimate of drug-likeness (QED) is 0.705. The lowest BCUT2D eigenvalue weighted by Crippen LogP contribution is -1.89. The highest BCUT2D eigenvalue weighted by Gasteiger charge is 2.06. The second-order valence-corrected chi connectivity index (χ2v) is 2.98. The standard InChI is InChI=1S/C8H8BrFO/c1-5-6(10)3-4-7(11-2)8(5)9/h3-4H,1-2H3. The predicted octanol–water partition coefficient (Wildman–Crippen LogP) is 2.91. The van der Waals surface area contributed by atoms with Crippen LogP contribution in [0.2, 0.25) is 0 Å². The van der Waals surface area contributed by atoms with Crippen molar-refractivity contribution in [2.45, 2.75) is 6.92 Å². The molecule has 0 aliphatic heterocycles. The van der Waals surface area contributed by atoms with E-state index in [1.165, 1.54) is 6.07 Å². The minimum absolute atomic E-state index is 0.224. The Balaban J connectivity index is 3.25. The van der Waals surface area contributed by atoms with E-state index in [0.29, 0.717) is 15.8 Å². The normalized spacial score (nSPS) is 9.82. The van der Waals surface area contributed by atoms with Crippen molar-refractivity contribution in [1.82, 2.24) is 0 Å². The Labute approximate surface area is 73.3 Å². The molecule has 0 unspecified atom stereocenters. The molecule has 0 heterocycles. The first kappa shape index (κ1) is 8.53. The summed E-state index contributed by atoms with van der Waals surface area (Å²) in [5.74, 6) is 0.432. The maximum Gasteiger partial charge on any atom is 0.133 e. The maximum atomic E-state index is 12.8. The third-order valence-electron chi connectivity index (χ3n) is 1.50. The summed E-state index contributed by atoms with van der Waals surface area (Å²) in [5.41, 5.74) is 0.573. The molecule has 0 saturated heterocycles. The fourth-order valence-electron chi connectivity index (χ4n) is 0.794. The number of hydrogen-bond donors (Lipinski definition) is 0. The average Bonchev–Trinajstić information content (AvgIpc) is 2.01. The smallest absolute Gasteiger partial charge is 0.133 e. The van der Waals surface area contributed by atoms with Gasteiger partial charge in [-0.2, -0.15) is 0 Å². The van der Waals surface area contributed by atoms with Crippen LogP contribution in [0.5, 0.6) is 5.75 Å². The molecule has 0 N–H and O–H groups in total. The average molecular weight is 219 g/mol. The number of ether oxygens (including phenoxy) is 1. The lowest BCUT2D eigenvalue weighted by Gasteiger charge is -2.05. The van der Waals surface area contributed by atoms with Crippen LogP contribution in [0.1, 0.15) is 5.56 Å². The summed E-state index contributed by atoms with van der Waals surface area (Å²) in [5, 5.41) is 0. The number of rotatable bonds is 1. The van der Waals surface area contributed by atoms with Crippen LogP contribution in [-0.4, -0.2) is 7.11 Å². The van der Waals surface area contributed by atoms with Crippen LogP contribution in [0.15, 0.2) is 16.6 Å². The van der Waals surface area contributed by atoms with Crippen LogP contribution in [0.3, 0.4) is 0 Å². The highest BCUT2D eigenvalue weighted by molar-refractivity contribution is 9.10. The van der Waals surface area contributed by atoms with Crippen LogP contribution >= 0.6 is 15.9 Å². The van der Waals surface area contributed by atoms with Crippen molar-refractivity contribution < 1.29 is 9.13 Å². The maximum absolute atomic E-state index is 12.8. The molecule has 0 aliphatic carbocycles. The van der Waals surface area contributed by atoms with Gasteiger partial charge in [-0.1, -0.05) is 0 Å². The molecule has 0 aromatic heterocycles. The van der Waals surface area contributed by atoms with Gasteiger partial charge in [0.15, 0.2) is 0 Å². The van der Waals surface area contributed by atoms with Gasteiger partial charge in [-0.05, 0) is 35.0 Å². The lowest BCUT2D eigenvalue weighted by molar-refractivity contribution is 0.410. The molecule has 0 radical (unpaired) electrons. The van der Waals surface area contributed by atoms with Crippen molar-refractivity contribution in [2.75, 3.05) is 7.11 Å². The van der Waals surface area contributed by atoms with E-state index in [2.05, 4.69) is 15.9 Å². The third kappa shape index (κ3) is 1.53.